The fraction of sp³-hybridized carbons (Fsp3) is 0.438. The fourth-order valence-electron chi connectivity index (χ4n) is 11.0. The van der Waals surface area contributed by atoms with Gasteiger partial charge in [0.15, 0.2) is 33.3 Å². The SMILES string of the molecule is CC[Si](CC)(CC)OC1(c2ccc(Cl)cc2)C=CC(O[Si](CC)(CC)CC)(c2ccc(C#CC#Cc3ccc(C4(O[Si](CC)(CC)CC)C=CC(O[Si](CC)(CC)CC)(c5ccc(Cl)cc5)C=C4)cc3)cc2)C=C1. The van der Waals surface area contributed by atoms with Gasteiger partial charge >= 0.3 is 0 Å². The van der Waals surface area contributed by atoms with Gasteiger partial charge < -0.3 is 17.7 Å². The zero-order chi connectivity index (χ0) is 53.7. The molecule has 0 radical (unpaired) electrons. The molecule has 2 aliphatic carbocycles. The monoisotopic (exact) mass is 1100 g/mol. The molecule has 0 aromatic heterocycles. The molecule has 10 heteroatoms. The molecule has 4 aromatic carbocycles. The maximum absolute atomic E-state index is 7.52. The minimum Gasteiger partial charge on any atom is -0.401 e. The average Bonchev–Trinajstić information content (AvgIpc) is 3.45. The Morgan fingerprint density at radius 1 is 0.297 bits per heavy atom. The number of halogens is 2. The molecular weight excluding hydrogens is 1020 g/mol. The Balaban J connectivity index is 1.31. The number of hydrogen-bond donors (Lipinski definition) is 0. The van der Waals surface area contributed by atoms with Gasteiger partial charge in [0.05, 0.1) is 0 Å². The van der Waals surface area contributed by atoms with Crippen LogP contribution in [0.2, 0.25) is 82.6 Å². The summed E-state index contributed by atoms with van der Waals surface area (Å²) in [6.45, 7) is 27.4. The van der Waals surface area contributed by atoms with Crippen molar-refractivity contribution in [3.8, 4) is 23.7 Å². The summed E-state index contributed by atoms with van der Waals surface area (Å²) in [5, 5.41) is 1.42. The van der Waals surface area contributed by atoms with Gasteiger partial charge in [0.2, 0.25) is 0 Å². The Morgan fingerprint density at radius 3 is 0.649 bits per heavy atom. The summed E-state index contributed by atoms with van der Waals surface area (Å²) in [5.41, 5.74) is 3.16. The van der Waals surface area contributed by atoms with Crippen LogP contribution in [0.1, 0.15) is 116 Å². The molecule has 0 amide bonds. The van der Waals surface area contributed by atoms with Crippen LogP contribution in [0.25, 0.3) is 0 Å². The number of benzene rings is 4. The van der Waals surface area contributed by atoms with E-state index in [4.69, 9.17) is 40.9 Å². The van der Waals surface area contributed by atoms with Gasteiger partial charge in [-0.1, -0.05) is 167 Å². The Kier molecular flexibility index (Phi) is 20.6. The highest BCUT2D eigenvalue weighted by atomic mass is 35.5. The van der Waals surface area contributed by atoms with E-state index in [2.05, 4.69) is 228 Å². The second-order valence-corrected chi connectivity index (χ2v) is 40.2. The average molecular weight is 1100 g/mol. The van der Waals surface area contributed by atoms with E-state index in [1.54, 1.807) is 0 Å². The van der Waals surface area contributed by atoms with Crippen LogP contribution < -0.4 is 0 Å². The van der Waals surface area contributed by atoms with Gasteiger partial charge in [-0.05, 0) is 204 Å². The van der Waals surface area contributed by atoms with E-state index in [9.17, 15) is 0 Å². The van der Waals surface area contributed by atoms with Crippen molar-refractivity contribution in [2.24, 2.45) is 0 Å². The molecule has 74 heavy (non-hydrogen) atoms. The van der Waals surface area contributed by atoms with Gasteiger partial charge in [-0.3, -0.25) is 0 Å². The zero-order valence-electron chi connectivity index (χ0n) is 46.7. The van der Waals surface area contributed by atoms with Crippen LogP contribution in [0, 0.1) is 23.7 Å². The first-order chi connectivity index (χ1) is 35.5. The number of rotatable bonds is 24. The van der Waals surface area contributed by atoms with E-state index >= 15 is 0 Å². The Bertz CT molecular complexity index is 2460. The smallest absolute Gasteiger partial charge is 0.194 e. The third-order valence-corrected chi connectivity index (χ3v) is 36.4. The van der Waals surface area contributed by atoms with Crippen LogP contribution >= 0.6 is 23.2 Å². The van der Waals surface area contributed by atoms with Gasteiger partial charge in [0.25, 0.3) is 0 Å². The van der Waals surface area contributed by atoms with Crippen molar-refractivity contribution in [1.82, 2.24) is 0 Å². The van der Waals surface area contributed by atoms with Crippen LogP contribution in [0.5, 0.6) is 0 Å². The van der Waals surface area contributed by atoms with Crippen LogP contribution in [0.3, 0.4) is 0 Å². The maximum atomic E-state index is 7.52. The molecule has 0 fully saturated rings. The second-order valence-electron chi connectivity index (χ2n) is 20.6. The zero-order valence-corrected chi connectivity index (χ0v) is 52.2. The van der Waals surface area contributed by atoms with E-state index in [0.717, 1.165) is 106 Å². The molecule has 0 N–H and O–H groups in total. The van der Waals surface area contributed by atoms with Gasteiger partial charge in [-0.2, -0.15) is 0 Å². The van der Waals surface area contributed by atoms with Gasteiger partial charge in [0.1, 0.15) is 22.4 Å². The minimum atomic E-state index is -2.12. The summed E-state index contributed by atoms with van der Waals surface area (Å²) in [5.74, 6) is 12.9. The highest BCUT2D eigenvalue weighted by Crippen LogP contribution is 2.48. The highest BCUT2D eigenvalue weighted by molar-refractivity contribution is 6.75. The topological polar surface area (TPSA) is 36.9 Å². The van der Waals surface area contributed by atoms with E-state index in [1.165, 1.54) is 0 Å². The van der Waals surface area contributed by atoms with Crippen LogP contribution in [-0.4, -0.2) is 33.3 Å². The lowest BCUT2D eigenvalue weighted by Gasteiger charge is -2.45. The van der Waals surface area contributed by atoms with E-state index in [-0.39, 0.29) is 0 Å². The third kappa shape index (κ3) is 12.8. The summed E-state index contributed by atoms with van der Waals surface area (Å²) in [6, 6.07) is 45.8. The molecule has 6 rings (SSSR count). The normalized spacial score (nSPS) is 21.8. The summed E-state index contributed by atoms with van der Waals surface area (Å²) in [4.78, 5) is 0. The Hall–Kier alpha value is -3.75. The quantitative estimate of drug-likeness (QED) is 0.0398. The summed E-state index contributed by atoms with van der Waals surface area (Å²) >= 11 is 12.9. The first-order valence-electron chi connectivity index (χ1n) is 27.9. The van der Waals surface area contributed by atoms with Crippen LogP contribution in [0.4, 0.5) is 0 Å². The Labute approximate surface area is 462 Å². The van der Waals surface area contributed by atoms with Gasteiger partial charge in [-0.15, -0.1) is 0 Å². The molecule has 4 aromatic rings. The summed E-state index contributed by atoms with van der Waals surface area (Å²) < 4.78 is 29.9. The fourth-order valence-corrected chi connectivity index (χ4v) is 22.9. The predicted octanol–water partition coefficient (Wildman–Crippen LogP) is 18.9. The highest BCUT2D eigenvalue weighted by Gasteiger charge is 2.48. The summed E-state index contributed by atoms with van der Waals surface area (Å²) in [7, 11) is -8.38. The van der Waals surface area contributed by atoms with Crippen molar-refractivity contribution in [2.75, 3.05) is 0 Å². The molecule has 0 heterocycles. The van der Waals surface area contributed by atoms with E-state index in [1.807, 2.05) is 24.3 Å². The van der Waals surface area contributed by atoms with Crippen molar-refractivity contribution in [3.05, 3.63) is 189 Å². The van der Waals surface area contributed by atoms with Gasteiger partial charge in [-0.25, -0.2) is 0 Å². The molecule has 0 spiro atoms. The lowest BCUT2D eigenvalue weighted by atomic mass is 9.81. The Morgan fingerprint density at radius 2 is 0.473 bits per heavy atom. The number of hydrogen-bond acceptors (Lipinski definition) is 4. The largest absolute Gasteiger partial charge is 0.401 e. The standard InChI is InChI=1S/C64H84Cl2O4Si4/c1-13-71(14-2,15-3)67-61(45-49-63(50-46-61,57-37-41-59(65)42-38-57)69-73(19-7,20-8)21-9)55-33-29-53(30-34-55)27-25-26-28-54-31-35-56(36-32-54)62(68-72(16-4,17-5)18-6)47-51-64(52-48-62,58-39-43-60(66)44-40-58)70-74(22-10,23-11)24-12/h29-52H,13-24H2,1-12H3. The van der Waals surface area contributed by atoms with Crippen molar-refractivity contribution in [1.29, 1.82) is 0 Å². The first kappa shape index (κ1) is 59.5. The van der Waals surface area contributed by atoms with Crippen molar-refractivity contribution in [2.45, 2.75) is 178 Å². The molecule has 0 atom stereocenters. The van der Waals surface area contributed by atoms with Crippen molar-refractivity contribution >= 4 is 56.5 Å². The molecule has 0 unspecified atom stereocenters. The molecule has 394 valence electrons. The molecule has 4 nitrogen and oxygen atoms in total. The van der Waals surface area contributed by atoms with Crippen LogP contribution in [-0.2, 0) is 40.1 Å². The third-order valence-electron chi connectivity index (χ3n) is 17.3. The van der Waals surface area contributed by atoms with Gasteiger partial charge in [0, 0.05) is 21.2 Å². The molecule has 0 saturated heterocycles. The molecule has 0 saturated carbocycles. The first-order valence-corrected chi connectivity index (χ1v) is 38.8. The van der Waals surface area contributed by atoms with Crippen molar-refractivity contribution < 1.29 is 17.7 Å². The van der Waals surface area contributed by atoms with Crippen LogP contribution in [0.15, 0.2) is 146 Å². The summed E-state index contributed by atoms with van der Waals surface area (Å²) in [6.07, 6.45) is 18.1. The second kappa shape index (κ2) is 25.6. The minimum absolute atomic E-state index is 0.712. The van der Waals surface area contributed by atoms with E-state index in [0.29, 0.717) is 10.0 Å². The molecule has 0 bridgehead atoms. The maximum Gasteiger partial charge on any atom is 0.194 e. The molecular formula is C64H84Cl2O4Si4. The predicted molar refractivity (Wildman–Crippen MR) is 326 cm³/mol. The van der Waals surface area contributed by atoms with E-state index < -0.39 is 55.7 Å². The van der Waals surface area contributed by atoms with Crippen molar-refractivity contribution in [3.63, 3.8) is 0 Å². The lowest BCUT2D eigenvalue weighted by molar-refractivity contribution is 0.121. The molecule has 2 aliphatic rings. The lowest BCUT2D eigenvalue weighted by Crippen LogP contribution is -2.48. The molecule has 0 aliphatic heterocycles.